The van der Waals surface area contributed by atoms with Crippen molar-refractivity contribution in [1.29, 1.82) is 0 Å². The van der Waals surface area contributed by atoms with Gasteiger partial charge in [-0.2, -0.15) is 4.52 Å². The second-order valence-electron chi connectivity index (χ2n) is 7.81. The van der Waals surface area contributed by atoms with E-state index >= 15 is 0 Å². The van der Waals surface area contributed by atoms with Gasteiger partial charge in [0.05, 0.1) is 18.4 Å². The molecular weight excluding hydrogens is 390 g/mol. The number of aromatic amines is 1. The Balaban J connectivity index is 1.75. The van der Waals surface area contributed by atoms with Crippen LogP contribution in [0.25, 0.3) is 28.0 Å². The third-order valence-corrected chi connectivity index (χ3v) is 5.90. The van der Waals surface area contributed by atoms with Gasteiger partial charge < -0.3 is 15.4 Å². The van der Waals surface area contributed by atoms with E-state index in [4.69, 9.17) is 15.5 Å². The van der Waals surface area contributed by atoms with E-state index in [1.807, 2.05) is 54.6 Å². The lowest BCUT2D eigenvalue weighted by molar-refractivity contribution is 0.415. The summed E-state index contributed by atoms with van der Waals surface area (Å²) in [6, 6.07) is 17.3. The average molecular weight is 415 g/mol. The van der Waals surface area contributed by atoms with E-state index in [2.05, 4.69) is 10.00 Å². The molecule has 0 radical (unpaired) electrons. The van der Waals surface area contributed by atoms with E-state index in [0.29, 0.717) is 16.8 Å². The molecule has 1 aliphatic rings. The monoisotopic (exact) mass is 415 g/mol. The van der Waals surface area contributed by atoms with Crippen molar-refractivity contribution in [1.82, 2.24) is 14.6 Å². The Labute approximate surface area is 180 Å². The van der Waals surface area contributed by atoms with Gasteiger partial charge in [-0.15, -0.1) is 0 Å². The maximum Gasteiger partial charge on any atom is 0.282 e. The van der Waals surface area contributed by atoms with Crippen LogP contribution in [-0.4, -0.2) is 34.8 Å². The summed E-state index contributed by atoms with van der Waals surface area (Å²) in [5, 5.41) is 3.33. The highest BCUT2D eigenvalue weighted by Gasteiger charge is 2.25. The molecule has 3 N–H and O–H groups in total. The number of ether oxygens (including phenoxy) is 1. The Morgan fingerprint density at radius 1 is 0.968 bits per heavy atom. The van der Waals surface area contributed by atoms with Gasteiger partial charge in [-0.05, 0) is 37.0 Å². The van der Waals surface area contributed by atoms with E-state index in [0.717, 1.165) is 48.6 Å². The van der Waals surface area contributed by atoms with Crippen molar-refractivity contribution in [2.45, 2.75) is 19.3 Å². The van der Waals surface area contributed by atoms with Gasteiger partial charge in [-0.25, -0.2) is 4.98 Å². The first-order valence-corrected chi connectivity index (χ1v) is 10.6. The summed E-state index contributed by atoms with van der Waals surface area (Å²) in [6.45, 7) is 1.87. The molecule has 0 atom stereocenters. The predicted molar refractivity (Wildman–Crippen MR) is 124 cm³/mol. The fourth-order valence-corrected chi connectivity index (χ4v) is 4.33. The normalized spacial score (nSPS) is 14.2. The summed E-state index contributed by atoms with van der Waals surface area (Å²) in [4.78, 5) is 20.6. The topological polar surface area (TPSA) is 88.7 Å². The van der Waals surface area contributed by atoms with Crippen LogP contribution in [0.5, 0.6) is 5.75 Å². The Kier molecular flexibility index (Phi) is 4.86. The third kappa shape index (κ3) is 3.32. The van der Waals surface area contributed by atoms with Crippen LogP contribution in [0.15, 0.2) is 59.4 Å². The number of fused-ring (bicyclic) bond motifs is 1. The second kappa shape index (κ2) is 7.83. The van der Waals surface area contributed by atoms with E-state index in [9.17, 15) is 4.79 Å². The number of benzene rings is 2. The highest BCUT2D eigenvalue weighted by molar-refractivity contribution is 5.88. The van der Waals surface area contributed by atoms with Gasteiger partial charge in [0.25, 0.3) is 5.56 Å². The summed E-state index contributed by atoms with van der Waals surface area (Å²) in [5.41, 5.74) is 10.6. The van der Waals surface area contributed by atoms with Gasteiger partial charge in [0, 0.05) is 18.7 Å². The van der Waals surface area contributed by atoms with E-state index in [-0.39, 0.29) is 11.4 Å². The fourth-order valence-electron chi connectivity index (χ4n) is 4.33. The number of hydrogen-bond donors (Lipinski definition) is 2. The molecule has 31 heavy (non-hydrogen) atoms. The highest BCUT2D eigenvalue weighted by Crippen LogP contribution is 2.35. The first-order valence-electron chi connectivity index (χ1n) is 10.6. The maximum atomic E-state index is 13.5. The summed E-state index contributed by atoms with van der Waals surface area (Å²) in [5.74, 6) is 0.946. The molecule has 0 spiro atoms. The van der Waals surface area contributed by atoms with Crippen molar-refractivity contribution >= 4 is 17.2 Å². The van der Waals surface area contributed by atoms with Gasteiger partial charge >= 0.3 is 0 Å². The lowest BCUT2D eigenvalue weighted by atomic mass is 10.1. The first kappa shape index (κ1) is 19.2. The molecule has 7 nitrogen and oxygen atoms in total. The van der Waals surface area contributed by atoms with Crippen LogP contribution < -0.4 is 20.9 Å². The third-order valence-electron chi connectivity index (χ3n) is 5.90. The molecule has 3 heterocycles. The Hall–Kier alpha value is -3.74. The summed E-state index contributed by atoms with van der Waals surface area (Å²) < 4.78 is 6.76. The van der Waals surface area contributed by atoms with Crippen molar-refractivity contribution in [3.8, 4) is 28.1 Å². The zero-order valence-electron chi connectivity index (χ0n) is 17.5. The van der Waals surface area contributed by atoms with E-state index < -0.39 is 0 Å². The van der Waals surface area contributed by atoms with Gasteiger partial charge in [-0.1, -0.05) is 42.5 Å². The van der Waals surface area contributed by atoms with Crippen LogP contribution in [0.4, 0.5) is 11.5 Å². The Morgan fingerprint density at radius 3 is 2.35 bits per heavy atom. The number of hydrogen-bond acceptors (Lipinski definition) is 5. The number of rotatable bonds is 4. The van der Waals surface area contributed by atoms with Crippen LogP contribution in [0, 0.1) is 0 Å². The van der Waals surface area contributed by atoms with Crippen LogP contribution in [0.1, 0.15) is 19.3 Å². The smallest absolute Gasteiger partial charge is 0.282 e. The number of nitrogens with one attached hydrogen (secondary N) is 1. The van der Waals surface area contributed by atoms with E-state index in [1.54, 1.807) is 7.11 Å². The fraction of sp³-hybridized carbons (Fsp3) is 0.250. The molecule has 1 fully saturated rings. The molecule has 0 saturated carbocycles. The van der Waals surface area contributed by atoms with Gasteiger partial charge in [-0.3, -0.25) is 9.89 Å². The number of methoxy groups -OCH3 is 1. The number of H-pyrrole nitrogens is 1. The zero-order valence-corrected chi connectivity index (χ0v) is 17.5. The number of aromatic nitrogens is 3. The second-order valence-corrected chi connectivity index (χ2v) is 7.81. The molecule has 1 saturated heterocycles. The molecule has 1 aliphatic heterocycles. The first-order chi connectivity index (χ1) is 15.2. The van der Waals surface area contributed by atoms with Crippen molar-refractivity contribution in [2.75, 3.05) is 30.8 Å². The SMILES string of the molecule is COc1ccc(-c2c(N)nc3c(N4CCCCC4)c(-c4ccccc4)[nH]n3c2=O)cc1. The molecule has 4 aromatic rings. The summed E-state index contributed by atoms with van der Waals surface area (Å²) in [6.07, 6.45) is 3.46. The van der Waals surface area contributed by atoms with Crippen molar-refractivity contribution in [3.05, 3.63) is 65.0 Å². The van der Waals surface area contributed by atoms with Crippen molar-refractivity contribution < 1.29 is 4.74 Å². The number of nitrogens with zero attached hydrogens (tertiary/aromatic N) is 3. The standard InChI is InChI=1S/C24H25N5O2/c1-31-18-12-10-16(11-13-18)19-22(25)26-23-21(28-14-6-3-7-15-28)20(27-29(23)24(19)30)17-8-4-2-5-9-17/h2,4-5,8-13,27H,3,6-7,14-15,25H2,1H3. The van der Waals surface area contributed by atoms with Gasteiger partial charge in [0.1, 0.15) is 17.3 Å². The predicted octanol–water partition coefficient (Wildman–Crippen LogP) is 3.94. The summed E-state index contributed by atoms with van der Waals surface area (Å²) in [7, 11) is 1.61. The lowest BCUT2D eigenvalue weighted by Crippen LogP contribution is -2.30. The molecular formula is C24H25N5O2. The number of piperidine rings is 1. The minimum Gasteiger partial charge on any atom is -0.497 e. The van der Waals surface area contributed by atoms with E-state index in [1.165, 1.54) is 10.9 Å². The molecule has 0 bridgehead atoms. The van der Waals surface area contributed by atoms with Crippen LogP contribution in [0.3, 0.4) is 0 Å². The number of nitrogen functional groups attached to an aromatic ring is 1. The molecule has 0 unspecified atom stereocenters. The largest absolute Gasteiger partial charge is 0.497 e. The van der Waals surface area contributed by atoms with Gasteiger partial charge in [0.2, 0.25) is 0 Å². The lowest BCUT2D eigenvalue weighted by Gasteiger charge is -2.28. The highest BCUT2D eigenvalue weighted by atomic mass is 16.5. The molecule has 5 rings (SSSR count). The Morgan fingerprint density at radius 2 is 1.68 bits per heavy atom. The van der Waals surface area contributed by atoms with Crippen molar-refractivity contribution in [3.63, 3.8) is 0 Å². The number of nitrogens with two attached hydrogens (primary N) is 1. The molecule has 7 heteroatoms. The quantitative estimate of drug-likeness (QED) is 0.527. The molecule has 0 amide bonds. The molecule has 2 aromatic heterocycles. The molecule has 0 aliphatic carbocycles. The maximum absolute atomic E-state index is 13.5. The van der Waals surface area contributed by atoms with Crippen LogP contribution >= 0.6 is 0 Å². The summed E-state index contributed by atoms with van der Waals surface area (Å²) >= 11 is 0. The van der Waals surface area contributed by atoms with Crippen LogP contribution in [-0.2, 0) is 0 Å². The van der Waals surface area contributed by atoms with Gasteiger partial charge in [0.15, 0.2) is 5.65 Å². The minimum atomic E-state index is -0.215. The average Bonchev–Trinajstić information content (AvgIpc) is 3.20. The van der Waals surface area contributed by atoms with Crippen molar-refractivity contribution in [2.24, 2.45) is 0 Å². The zero-order chi connectivity index (χ0) is 21.4. The molecule has 2 aromatic carbocycles. The number of anilines is 2. The Bertz CT molecular complexity index is 1270. The van der Waals surface area contributed by atoms with Crippen LogP contribution in [0.2, 0.25) is 0 Å². The molecule has 158 valence electrons. The minimum absolute atomic E-state index is 0.215.